The number of hydrogen-bond acceptors (Lipinski definition) is 4. The Morgan fingerprint density at radius 3 is 2.79 bits per heavy atom. The molecule has 0 bridgehead atoms. The number of ether oxygens (including phenoxy) is 1. The van der Waals surface area contributed by atoms with Crippen molar-refractivity contribution in [3.05, 3.63) is 29.3 Å². The summed E-state index contributed by atoms with van der Waals surface area (Å²) in [7, 11) is 0. The van der Waals surface area contributed by atoms with E-state index in [-0.39, 0.29) is 11.7 Å². The molecule has 1 aliphatic rings. The molecule has 1 aromatic carbocycles. The van der Waals surface area contributed by atoms with Gasteiger partial charge in [-0.05, 0) is 31.9 Å². The molecule has 5 nitrogen and oxygen atoms in total. The van der Waals surface area contributed by atoms with Gasteiger partial charge in [-0.1, -0.05) is 6.07 Å². The summed E-state index contributed by atoms with van der Waals surface area (Å²) in [6.45, 7) is 3.33. The van der Waals surface area contributed by atoms with Gasteiger partial charge in [0, 0.05) is 30.9 Å². The highest BCUT2D eigenvalue weighted by molar-refractivity contribution is 5.96. The molecule has 0 atom stereocenters. The van der Waals surface area contributed by atoms with Crippen LogP contribution in [0.15, 0.2) is 18.2 Å². The van der Waals surface area contributed by atoms with E-state index in [1.807, 2.05) is 0 Å². The second kappa shape index (κ2) is 5.59. The fourth-order valence-corrected chi connectivity index (χ4v) is 2.32. The van der Waals surface area contributed by atoms with Crippen LogP contribution in [0.25, 0.3) is 0 Å². The monoisotopic (exact) mass is 264 g/mol. The van der Waals surface area contributed by atoms with E-state index in [2.05, 4.69) is 5.32 Å². The Labute approximate surface area is 112 Å². The summed E-state index contributed by atoms with van der Waals surface area (Å²) in [5, 5.41) is 12.7. The molecule has 0 aliphatic carbocycles. The van der Waals surface area contributed by atoms with E-state index < -0.39 is 5.54 Å². The van der Waals surface area contributed by atoms with Gasteiger partial charge >= 0.3 is 0 Å². The van der Waals surface area contributed by atoms with E-state index in [0.29, 0.717) is 43.7 Å². The van der Waals surface area contributed by atoms with Gasteiger partial charge in [0.25, 0.3) is 5.91 Å². The van der Waals surface area contributed by atoms with E-state index in [0.717, 1.165) is 0 Å². The molecule has 2 rings (SSSR count). The van der Waals surface area contributed by atoms with Crippen molar-refractivity contribution in [2.45, 2.75) is 25.3 Å². The van der Waals surface area contributed by atoms with Gasteiger partial charge in [0.15, 0.2) is 0 Å². The average molecular weight is 264 g/mol. The van der Waals surface area contributed by atoms with Gasteiger partial charge in [-0.15, -0.1) is 0 Å². The standard InChI is InChI=1S/C14H20N2O3/c1-10-11(3-2-4-12(10)17)13(18)16-14(9-15)5-7-19-8-6-14/h2-4,17H,5-9,15H2,1H3,(H,16,18). The fourth-order valence-electron chi connectivity index (χ4n) is 2.32. The van der Waals surface area contributed by atoms with Crippen LogP contribution in [0.1, 0.15) is 28.8 Å². The summed E-state index contributed by atoms with van der Waals surface area (Å²) >= 11 is 0. The second-order valence-corrected chi connectivity index (χ2v) is 5.00. The number of phenols is 1. The van der Waals surface area contributed by atoms with Crippen LogP contribution < -0.4 is 11.1 Å². The molecule has 1 saturated heterocycles. The Hall–Kier alpha value is -1.59. The van der Waals surface area contributed by atoms with Gasteiger partial charge in [-0.2, -0.15) is 0 Å². The lowest BCUT2D eigenvalue weighted by molar-refractivity contribution is 0.0388. The van der Waals surface area contributed by atoms with Crippen LogP contribution in [0, 0.1) is 6.92 Å². The van der Waals surface area contributed by atoms with Crippen molar-refractivity contribution in [2.75, 3.05) is 19.8 Å². The Balaban J connectivity index is 2.17. The molecular weight excluding hydrogens is 244 g/mol. The summed E-state index contributed by atoms with van der Waals surface area (Å²) in [6.07, 6.45) is 1.43. The Morgan fingerprint density at radius 2 is 2.16 bits per heavy atom. The second-order valence-electron chi connectivity index (χ2n) is 5.00. The third kappa shape index (κ3) is 2.88. The molecule has 0 unspecified atom stereocenters. The highest BCUT2D eigenvalue weighted by Crippen LogP contribution is 2.23. The zero-order valence-electron chi connectivity index (χ0n) is 11.1. The minimum absolute atomic E-state index is 0.126. The van der Waals surface area contributed by atoms with E-state index in [9.17, 15) is 9.90 Å². The number of nitrogens with two attached hydrogens (primary N) is 1. The first kappa shape index (κ1) is 13.8. The number of aromatic hydroxyl groups is 1. The summed E-state index contributed by atoms with van der Waals surface area (Å²) in [5.41, 5.74) is 6.49. The van der Waals surface area contributed by atoms with Crippen LogP contribution in [-0.4, -0.2) is 36.3 Å². The summed E-state index contributed by atoms with van der Waals surface area (Å²) in [6, 6.07) is 4.93. The summed E-state index contributed by atoms with van der Waals surface area (Å²) in [5.74, 6) is -0.0674. The summed E-state index contributed by atoms with van der Waals surface area (Å²) < 4.78 is 5.31. The molecule has 0 radical (unpaired) electrons. The number of phenolic OH excluding ortho intramolecular Hbond substituents is 1. The van der Waals surface area contributed by atoms with E-state index in [4.69, 9.17) is 10.5 Å². The lowest BCUT2D eigenvalue weighted by atomic mass is 9.89. The molecular formula is C14H20N2O3. The highest BCUT2D eigenvalue weighted by Gasteiger charge is 2.33. The van der Waals surface area contributed by atoms with Crippen LogP contribution >= 0.6 is 0 Å². The van der Waals surface area contributed by atoms with Crippen LogP contribution in [0.4, 0.5) is 0 Å². The molecule has 1 amide bonds. The predicted octanol–water partition coefficient (Wildman–Crippen LogP) is 0.938. The molecule has 0 aromatic heterocycles. The highest BCUT2D eigenvalue weighted by atomic mass is 16.5. The smallest absolute Gasteiger partial charge is 0.252 e. The Kier molecular flexibility index (Phi) is 4.07. The molecule has 19 heavy (non-hydrogen) atoms. The van der Waals surface area contributed by atoms with Crippen molar-refractivity contribution in [3.8, 4) is 5.75 Å². The Morgan fingerprint density at radius 1 is 1.47 bits per heavy atom. The number of carbonyl (C=O) groups is 1. The van der Waals surface area contributed by atoms with Crippen molar-refractivity contribution in [2.24, 2.45) is 5.73 Å². The van der Waals surface area contributed by atoms with Gasteiger partial charge in [-0.3, -0.25) is 4.79 Å². The normalized spacial score (nSPS) is 18.0. The minimum Gasteiger partial charge on any atom is -0.508 e. The first-order valence-electron chi connectivity index (χ1n) is 6.47. The number of amides is 1. The zero-order valence-corrected chi connectivity index (χ0v) is 11.1. The maximum Gasteiger partial charge on any atom is 0.252 e. The van der Waals surface area contributed by atoms with Crippen molar-refractivity contribution < 1.29 is 14.6 Å². The molecule has 0 spiro atoms. The first-order chi connectivity index (χ1) is 9.08. The predicted molar refractivity (Wildman–Crippen MR) is 72.1 cm³/mol. The van der Waals surface area contributed by atoms with Crippen molar-refractivity contribution in [3.63, 3.8) is 0 Å². The molecule has 0 saturated carbocycles. The number of rotatable bonds is 3. The van der Waals surface area contributed by atoms with Gasteiger partial charge in [0.05, 0.1) is 5.54 Å². The van der Waals surface area contributed by atoms with Gasteiger partial charge in [-0.25, -0.2) is 0 Å². The van der Waals surface area contributed by atoms with E-state index in [1.165, 1.54) is 0 Å². The van der Waals surface area contributed by atoms with Crippen LogP contribution in [0.2, 0.25) is 0 Å². The van der Waals surface area contributed by atoms with Crippen molar-refractivity contribution >= 4 is 5.91 Å². The molecule has 4 N–H and O–H groups in total. The summed E-state index contributed by atoms with van der Waals surface area (Å²) in [4.78, 5) is 12.3. The number of hydrogen-bond donors (Lipinski definition) is 3. The molecule has 1 heterocycles. The lowest BCUT2D eigenvalue weighted by Crippen LogP contribution is -2.56. The number of benzene rings is 1. The maximum atomic E-state index is 12.3. The van der Waals surface area contributed by atoms with Gasteiger partial charge < -0.3 is 20.9 Å². The average Bonchev–Trinajstić information content (AvgIpc) is 2.42. The zero-order chi connectivity index (χ0) is 13.9. The van der Waals surface area contributed by atoms with Crippen molar-refractivity contribution in [1.82, 2.24) is 5.32 Å². The SMILES string of the molecule is Cc1c(O)cccc1C(=O)NC1(CN)CCOCC1. The first-order valence-corrected chi connectivity index (χ1v) is 6.47. The number of nitrogens with one attached hydrogen (secondary N) is 1. The van der Waals surface area contributed by atoms with Crippen LogP contribution in [0.3, 0.4) is 0 Å². The third-order valence-electron chi connectivity index (χ3n) is 3.77. The topological polar surface area (TPSA) is 84.6 Å². The lowest BCUT2D eigenvalue weighted by Gasteiger charge is -2.37. The third-order valence-corrected chi connectivity index (χ3v) is 3.77. The Bertz CT molecular complexity index is 468. The van der Waals surface area contributed by atoms with Gasteiger partial charge in [0.1, 0.15) is 5.75 Å². The van der Waals surface area contributed by atoms with Crippen LogP contribution in [0.5, 0.6) is 5.75 Å². The van der Waals surface area contributed by atoms with Crippen molar-refractivity contribution in [1.29, 1.82) is 0 Å². The largest absolute Gasteiger partial charge is 0.508 e. The number of carbonyl (C=O) groups excluding carboxylic acids is 1. The maximum absolute atomic E-state index is 12.3. The molecule has 1 aliphatic heterocycles. The molecule has 1 aromatic rings. The molecule has 5 heteroatoms. The molecule has 1 fully saturated rings. The van der Waals surface area contributed by atoms with E-state index >= 15 is 0 Å². The van der Waals surface area contributed by atoms with Gasteiger partial charge in [0.2, 0.25) is 0 Å². The van der Waals surface area contributed by atoms with Crippen LogP contribution in [-0.2, 0) is 4.74 Å². The quantitative estimate of drug-likeness (QED) is 0.758. The van der Waals surface area contributed by atoms with E-state index in [1.54, 1.807) is 25.1 Å². The fraction of sp³-hybridized carbons (Fsp3) is 0.500. The minimum atomic E-state index is -0.396. The molecule has 104 valence electrons.